The maximum Gasteiger partial charge on any atom is 0.226 e. The summed E-state index contributed by atoms with van der Waals surface area (Å²) in [6.07, 6.45) is 5.19. The van der Waals surface area contributed by atoms with Gasteiger partial charge in [-0.2, -0.15) is 0 Å². The number of piperidine rings is 1. The van der Waals surface area contributed by atoms with Gasteiger partial charge in [0.05, 0.1) is 5.69 Å². The summed E-state index contributed by atoms with van der Waals surface area (Å²) in [5.41, 5.74) is 2.40. The molecule has 0 radical (unpaired) electrons. The highest BCUT2D eigenvalue weighted by molar-refractivity contribution is 7.15. The van der Waals surface area contributed by atoms with Gasteiger partial charge in [0.15, 0.2) is 0 Å². The van der Waals surface area contributed by atoms with Crippen molar-refractivity contribution in [3.8, 4) is 10.6 Å². The maximum absolute atomic E-state index is 12.9. The van der Waals surface area contributed by atoms with Crippen molar-refractivity contribution in [2.75, 3.05) is 13.1 Å². The van der Waals surface area contributed by atoms with Crippen LogP contribution < -0.4 is 0 Å². The average molecular weight is 340 g/mol. The largest absolute Gasteiger partial charge is 0.342 e. The van der Waals surface area contributed by atoms with E-state index in [0.29, 0.717) is 11.8 Å². The molecule has 0 N–H and O–H groups in total. The van der Waals surface area contributed by atoms with Gasteiger partial charge in [0, 0.05) is 29.4 Å². The number of aryl methyl sites for hydroxylation is 1. The first kappa shape index (κ1) is 15.8. The Kier molecular flexibility index (Phi) is 4.40. The summed E-state index contributed by atoms with van der Waals surface area (Å²) in [7, 11) is 0. The molecule has 0 spiro atoms. The molecule has 1 amide bonds. The summed E-state index contributed by atoms with van der Waals surface area (Å²) in [5, 5.41) is 1.10. The normalized spacial score (nSPS) is 23.8. The number of hydrogen-bond donors (Lipinski definition) is 0. The van der Waals surface area contributed by atoms with E-state index in [9.17, 15) is 4.79 Å². The lowest BCUT2D eigenvalue weighted by atomic mass is 9.89. The fourth-order valence-corrected chi connectivity index (χ4v) is 5.13. The molecule has 4 heteroatoms. The van der Waals surface area contributed by atoms with Crippen LogP contribution in [0.5, 0.6) is 0 Å². The Morgan fingerprint density at radius 2 is 2.08 bits per heavy atom. The van der Waals surface area contributed by atoms with Crippen molar-refractivity contribution in [3.63, 3.8) is 0 Å². The molecule has 2 atom stereocenters. The Morgan fingerprint density at radius 1 is 1.25 bits per heavy atom. The Hall–Kier alpha value is -1.68. The van der Waals surface area contributed by atoms with Crippen LogP contribution >= 0.6 is 11.3 Å². The smallest absolute Gasteiger partial charge is 0.226 e. The number of likely N-dealkylation sites (tertiary alicyclic amines) is 1. The second-order valence-corrected chi connectivity index (χ2v) is 8.31. The summed E-state index contributed by atoms with van der Waals surface area (Å²) in [5.74, 6) is 1.18. The fraction of sp³-hybridized carbons (Fsp3) is 0.500. The van der Waals surface area contributed by atoms with Gasteiger partial charge in [0.1, 0.15) is 5.01 Å². The molecule has 1 aliphatic carbocycles. The highest BCUT2D eigenvalue weighted by Crippen LogP contribution is 2.35. The van der Waals surface area contributed by atoms with E-state index in [1.807, 2.05) is 6.07 Å². The van der Waals surface area contributed by atoms with Gasteiger partial charge in [-0.3, -0.25) is 4.79 Å². The van der Waals surface area contributed by atoms with Crippen LogP contribution in [-0.4, -0.2) is 28.9 Å². The number of rotatable bonds is 2. The van der Waals surface area contributed by atoms with Crippen LogP contribution in [0.4, 0.5) is 0 Å². The molecule has 2 unspecified atom stereocenters. The second kappa shape index (κ2) is 6.67. The number of hydrogen-bond acceptors (Lipinski definition) is 3. The van der Waals surface area contributed by atoms with Crippen LogP contribution in [0.3, 0.4) is 0 Å². The molecule has 2 heterocycles. The molecule has 24 heavy (non-hydrogen) atoms. The number of fused-ring (bicyclic) bond motifs is 1. The number of aromatic nitrogens is 1. The molecular weight excluding hydrogens is 316 g/mol. The van der Waals surface area contributed by atoms with Crippen molar-refractivity contribution >= 4 is 17.2 Å². The third-order valence-corrected chi connectivity index (χ3v) is 6.45. The first-order valence-electron chi connectivity index (χ1n) is 9.03. The van der Waals surface area contributed by atoms with Gasteiger partial charge in [0.25, 0.3) is 0 Å². The van der Waals surface area contributed by atoms with Crippen molar-refractivity contribution in [2.45, 2.75) is 39.0 Å². The lowest BCUT2D eigenvalue weighted by Crippen LogP contribution is -2.43. The van der Waals surface area contributed by atoms with E-state index in [1.54, 1.807) is 11.3 Å². The Morgan fingerprint density at radius 3 is 2.88 bits per heavy atom. The number of carbonyl (C=O) groups is 1. The number of benzene rings is 1. The van der Waals surface area contributed by atoms with Crippen LogP contribution in [0.1, 0.15) is 36.8 Å². The lowest BCUT2D eigenvalue weighted by Gasteiger charge is -2.34. The topological polar surface area (TPSA) is 33.2 Å². The minimum absolute atomic E-state index is 0.159. The minimum atomic E-state index is 0.159. The Labute approximate surface area is 147 Å². The van der Waals surface area contributed by atoms with Crippen LogP contribution in [0, 0.1) is 11.8 Å². The van der Waals surface area contributed by atoms with E-state index in [0.717, 1.165) is 43.8 Å². The van der Waals surface area contributed by atoms with Crippen LogP contribution in [0.25, 0.3) is 10.6 Å². The zero-order valence-electron chi connectivity index (χ0n) is 14.2. The molecule has 1 aromatic heterocycles. The summed E-state index contributed by atoms with van der Waals surface area (Å²) in [6, 6.07) is 10.4. The fourth-order valence-electron chi connectivity index (χ4n) is 3.94. The minimum Gasteiger partial charge on any atom is -0.342 e. The molecular formula is C20H24N2OS. The van der Waals surface area contributed by atoms with Gasteiger partial charge in [-0.25, -0.2) is 4.98 Å². The molecule has 126 valence electrons. The van der Waals surface area contributed by atoms with E-state index in [1.165, 1.54) is 22.6 Å². The zero-order valence-corrected chi connectivity index (χ0v) is 15.0. The van der Waals surface area contributed by atoms with Crippen molar-refractivity contribution in [3.05, 3.63) is 40.9 Å². The highest BCUT2D eigenvalue weighted by Gasteiger charge is 2.32. The van der Waals surface area contributed by atoms with Crippen molar-refractivity contribution in [1.82, 2.24) is 9.88 Å². The lowest BCUT2D eigenvalue weighted by molar-refractivity contribution is -0.137. The van der Waals surface area contributed by atoms with Crippen LogP contribution in [-0.2, 0) is 17.6 Å². The van der Waals surface area contributed by atoms with Crippen LogP contribution in [0.2, 0.25) is 0 Å². The summed E-state index contributed by atoms with van der Waals surface area (Å²) in [6.45, 7) is 4.15. The second-order valence-electron chi connectivity index (χ2n) is 7.23. The van der Waals surface area contributed by atoms with E-state index in [4.69, 9.17) is 4.98 Å². The molecule has 1 aliphatic heterocycles. The zero-order chi connectivity index (χ0) is 16.5. The predicted octanol–water partition coefficient (Wildman–Crippen LogP) is 4.17. The van der Waals surface area contributed by atoms with Gasteiger partial charge in [0.2, 0.25) is 5.91 Å². The molecule has 0 bridgehead atoms. The summed E-state index contributed by atoms with van der Waals surface area (Å²) in [4.78, 5) is 21.2. The third-order valence-electron chi connectivity index (χ3n) is 5.28. The van der Waals surface area contributed by atoms with Gasteiger partial charge < -0.3 is 4.90 Å². The van der Waals surface area contributed by atoms with Crippen molar-refractivity contribution in [2.24, 2.45) is 11.8 Å². The van der Waals surface area contributed by atoms with E-state index in [-0.39, 0.29) is 5.92 Å². The molecule has 1 fully saturated rings. The molecule has 0 saturated carbocycles. The Bertz CT molecular complexity index is 724. The SMILES string of the molecule is CC1CCCN(C(=O)C2CCc3nc(-c4ccccc4)sc3C2)C1. The number of amides is 1. The number of thiazole rings is 1. The van der Waals surface area contributed by atoms with E-state index < -0.39 is 0 Å². The Balaban J connectivity index is 1.49. The van der Waals surface area contributed by atoms with E-state index >= 15 is 0 Å². The predicted molar refractivity (Wildman–Crippen MR) is 98.0 cm³/mol. The molecule has 3 nitrogen and oxygen atoms in total. The maximum atomic E-state index is 12.9. The monoisotopic (exact) mass is 340 g/mol. The molecule has 1 aromatic carbocycles. The first-order valence-corrected chi connectivity index (χ1v) is 9.85. The van der Waals surface area contributed by atoms with E-state index in [2.05, 4.69) is 36.1 Å². The van der Waals surface area contributed by atoms with Gasteiger partial charge in [-0.05, 0) is 38.0 Å². The number of carbonyl (C=O) groups excluding carboxylic acids is 1. The average Bonchev–Trinajstić information content (AvgIpc) is 3.05. The molecule has 4 rings (SSSR count). The van der Waals surface area contributed by atoms with Crippen LogP contribution in [0.15, 0.2) is 30.3 Å². The number of nitrogens with zero attached hydrogens (tertiary/aromatic N) is 2. The quantitative estimate of drug-likeness (QED) is 0.822. The molecule has 1 saturated heterocycles. The summed E-state index contributed by atoms with van der Waals surface area (Å²) < 4.78 is 0. The first-order chi connectivity index (χ1) is 11.7. The molecule has 2 aromatic rings. The van der Waals surface area contributed by atoms with Gasteiger partial charge in [-0.15, -0.1) is 11.3 Å². The third kappa shape index (κ3) is 3.12. The van der Waals surface area contributed by atoms with Gasteiger partial charge in [-0.1, -0.05) is 37.3 Å². The van der Waals surface area contributed by atoms with Crippen molar-refractivity contribution in [1.29, 1.82) is 0 Å². The van der Waals surface area contributed by atoms with Gasteiger partial charge >= 0.3 is 0 Å². The van der Waals surface area contributed by atoms with Crippen molar-refractivity contribution < 1.29 is 4.79 Å². The standard InChI is InChI=1S/C20H24N2OS/c1-14-6-5-11-22(13-14)20(23)16-9-10-17-18(12-16)24-19(21-17)15-7-3-2-4-8-15/h2-4,7-8,14,16H,5-6,9-13H2,1H3. The summed E-state index contributed by atoms with van der Waals surface area (Å²) >= 11 is 1.77. The molecule has 2 aliphatic rings. The highest BCUT2D eigenvalue weighted by atomic mass is 32.1.